The molecule has 1 saturated carbocycles. The smallest absolute Gasteiger partial charge is 0.307 e. The highest BCUT2D eigenvalue weighted by molar-refractivity contribution is 5.71. The lowest BCUT2D eigenvalue weighted by molar-refractivity contribution is -0.142. The van der Waals surface area contributed by atoms with Crippen LogP contribution in [0.2, 0.25) is 0 Å². The Kier molecular flexibility index (Phi) is 2.76. The molecule has 1 unspecified atom stereocenters. The summed E-state index contributed by atoms with van der Waals surface area (Å²) in [6.07, 6.45) is 2.85. The van der Waals surface area contributed by atoms with E-state index in [9.17, 15) is 4.79 Å². The van der Waals surface area contributed by atoms with Crippen LogP contribution < -0.4 is 0 Å². The van der Waals surface area contributed by atoms with Crippen LogP contribution in [0.15, 0.2) is 24.3 Å². The van der Waals surface area contributed by atoms with Crippen molar-refractivity contribution in [2.75, 3.05) is 0 Å². The summed E-state index contributed by atoms with van der Waals surface area (Å²) < 4.78 is 0. The average molecular weight is 204 g/mol. The Hall–Kier alpha value is -1.31. The number of hydrogen-bond donors (Lipinski definition) is 1. The fourth-order valence-electron chi connectivity index (χ4n) is 2.05. The van der Waals surface area contributed by atoms with Gasteiger partial charge in [0, 0.05) is 0 Å². The van der Waals surface area contributed by atoms with Gasteiger partial charge < -0.3 is 5.11 Å². The molecule has 80 valence electrons. The number of carboxylic acid groups (broad SMARTS) is 1. The highest BCUT2D eigenvalue weighted by Gasteiger charge is 2.35. The number of carboxylic acids is 1. The van der Waals surface area contributed by atoms with E-state index in [2.05, 4.69) is 6.07 Å². The molecule has 15 heavy (non-hydrogen) atoms. The molecule has 1 aliphatic rings. The van der Waals surface area contributed by atoms with Crippen molar-refractivity contribution in [2.45, 2.75) is 26.2 Å². The second-order valence-corrected chi connectivity index (χ2v) is 4.48. The van der Waals surface area contributed by atoms with Crippen LogP contribution in [-0.2, 0) is 11.2 Å². The van der Waals surface area contributed by atoms with Crippen molar-refractivity contribution < 1.29 is 9.90 Å². The molecule has 1 N–H and O–H groups in total. The van der Waals surface area contributed by atoms with Crippen LogP contribution in [0.3, 0.4) is 0 Å². The lowest BCUT2D eigenvalue weighted by Crippen LogP contribution is -2.18. The van der Waals surface area contributed by atoms with Crippen LogP contribution in [0, 0.1) is 18.8 Å². The first-order valence-corrected chi connectivity index (χ1v) is 5.45. The normalized spacial score (nSPS) is 17.4. The quantitative estimate of drug-likeness (QED) is 0.818. The van der Waals surface area contributed by atoms with E-state index in [-0.39, 0.29) is 5.92 Å². The lowest BCUT2D eigenvalue weighted by Gasteiger charge is -2.11. The topological polar surface area (TPSA) is 37.3 Å². The molecule has 0 saturated heterocycles. The predicted octanol–water partition coefficient (Wildman–Crippen LogP) is 2.65. The Morgan fingerprint density at radius 2 is 2.27 bits per heavy atom. The first-order valence-electron chi connectivity index (χ1n) is 5.45. The highest BCUT2D eigenvalue weighted by atomic mass is 16.4. The summed E-state index contributed by atoms with van der Waals surface area (Å²) in [5.74, 6) is -0.395. The zero-order chi connectivity index (χ0) is 10.8. The maximum Gasteiger partial charge on any atom is 0.307 e. The minimum atomic E-state index is -0.640. The van der Waals surface area contributed by atoms with E-state index >= 15 is 0 Å². The monoisotopic (exact) mass is 204 g/mol. The Balaban J connectivity index is 2.08. The average Bonchev–Trinajstić information content (AvgIpc) is 2.97. The van der Waals surface area contributed by atoms with Gasteiger partial charge in [0.1, 0.15) is 0 Å². The SMILES string of the molecule is Cc1cccc(CC(C(=O)O)C2CC2)c1. The molecule has 0 bridgehead atoms. The summed E-state index contributed by atoms with van der Waals surface area (Å²) in [6.45, 7) is 2.04. The van der Waals surface area contributed by atoms with Gasteiger partial charge in [-0.15, -0.1) is 0 Å². The molecule has 0 spiro atoms. The number of benzene rings is 1. The standard InChI is InChI=1S/C13H16O2/c1-9-3-2-4-10(7-9)8-12(13(14)15)11-5-6-11/h2-4,7,11-12H,5-6,8H2,1H3,(H,14,15). The first kappa shape index (κ1) is 10.2. The largest absolute Gasteiger partial charge is 0.481 e. The fourth-order valence-corrected chi connectivity index (χ4v) is 2.05. The maximum atomic E-state index is 11.1. The van der Waals surface area contributed by atoms with Crippen LogP contribution in [0.1, 0.15) is 24.0 Å². The van der Waals surface area contributed by atoms with Gasteiger partial charge in [0.25, 0.3) is 0 Å². The number of carbonyl (C=O) groups is 1. The second-order valence-electron chi connectivity index (χ2n) is 4.48. The van der Waals surface area contributed by atoms with Gasteiger partial charge in [0.2, 0.25) is 0 Å². The molecular weight excluding hydrogens is 188 g/mol. The zero-order valence-corrected chi connectivity index (χ0v) is 8.94. The molecule has 2 heteroatoms. The highest BCUT2D eigenvalue weighted by Crippen LogP contribution is 2.38. The Morgan fingerprint density at radius 3 is 2.80 bits per heavy atom. The summed E-state index contributed by atoms with van der Waals surface area (Å²) in [6, 6.07) is 8.14. The second kappa shape index (κ2) is 4.05. The summed E-state index contributed by atoms with van der Waals surface area (Å²) in [4.78, 5) is 11.1. The van der Waals surface area contributed by atoms with Crippen LogP contribution >= 0.6 is 0 Å². The van der Waals surface area contributed by atoms with Crippen LogP contribution in [0.4, 0.5) is 0 Å². The Bertz CT molecular complexity index is 367. The van der Waals surface area contributed by atoms with Crippen molar-refractivity contribution >= 4 is 5.97 Å². The summed E-state index contributed by atoms with van der Waals surface area (Å²) in [7, 11) is 0. The summed E-state index contributed by atoms with van der Waals surface area (Å²) in [5.41, 5.74) is 2.35. The molecule has 0 aliphatic heterocycles. The van der Waals surface area contributed by atoms with Crippen molar-refractivity contribution in [1.82, 2.24) is 0 Å². The van der Waals surface area contributed by atoms with Gasteiger partial charge in [-0.05, 0) is 37.7 Å². The molecule has 1 aromatic carbocycles. The van der Waals surface area contributed by atoms with Gasteiger partial charge in [-0.1, -0.05) is 29.8 Å². The maximum absolute atomic E-state index is 11.1. The van der Waals surface area contributed by atoms with E-state index in [0.29, 0.717) is 12.3 Å². The van der Waals surface area contributed by atoms with Crippen molar-refractivity contribution in [3.8, 4) is 0 Å². The van der Waals surface area contributed by atoms with E-state index in [1.54, 1.807) is 0 Å². The van der Waals surface area contributed by atoms with Gasteiger partial charge in [0.05, 0.1) is 5.92 Å². The minimum absolute atomic E-state index is 0.174. The van der Waals surface area contributed by atoms with E-state index in [4.69, 9.17) is 5.11 Å². The molecule has 2 rings (SSSR count). The van der Waals surface area contributed by atoms with Crippen molar-refractivity contribution in [1.29, 1.82) is 0 Å². The number of rotatable bonds is 4. The third-order valence-corrected chi connectivity index (χ3v) is 3.05. The van der Waals surface area contributed by atoms with Gasteiger partial charge >= 0.3 is 5.97 Å². The predicted molar refractivity (Wildman–Crippen MR) is 58.7 cm³/mol. The van der Waals surface area contributed by atoms with Crippen molar-refractivity contribution in [2.24, 2.45) is 11.8 Å². The summed E-state index contributed by atoms with van der Waals surface area (Å²) >= 11 is 0. The molecule has 1 aromatic rings. The minimum Gasteiger partial charge on any atom is -0.481 e. The van der Waals surface area contributed by atoms with E-state index in [0.717, 1.165) is 18.4 Å². The first-order chi connectivity index (χ1) is 7.16. The molecule has 1 atom stereocenters. The van der Waals surface area contributed by atoms with Crippen LogP contribution in [0.5, 0.6) is 0 Å². The molecule has 0 heterocycles. The Labute approximate surface area is 89.9 Å². The van der Waals surface area contributed by atoms with Gasteiger partial charge in [0.15, 0.2) is 0 Å². The van der Waals surface area contributed by atoms with Crippen LogP contribution in [0.25, 0.3) is 0 Å². The third kappa shape index (κ3) is 2.58. The molecule has 1 aliphatic carbocycles. The molecule has 1 fully saturated rings. The van der Waals surface area contributed by atoms with E-state index in [1.807, 2.05) is 25.1 Å². The molecule has 0 aromatic heterocycles. The molecule has 0 amide bonds. The fraction of sp³-hybridized carbons (Fsp3) is 0.462. The van der Waals surface area contributed by atoms with Crippen molar-refractivity contribution in [3.05, 3.63) is 35.4 Å². The zero-order valence-electron chi connectivity index (χ0n) is 8.94. The molecular formula is C13H16O2. The van der Waals surface area contributed by atoms with E-state index in [1.165, 1.54) is 5.56 Å². The Morgan fingerprint density at radius 1 is 1.53 bits per heavy atom. The number of hydrogen-bond acceptors (Lipinski definition) is 1. The summed E-state index contributed by atoms with van der Waals surface area (Å²) in [5, 5.41) is 9.11. The van der Waals surface area contributed by atoms with Crippen molar-refractivity contribution in [3.63, 3.8) is 0 Å². The number of aryl methyl sites for hydroxylation is 1. The van der Waals surface area contributed by atoms with Gasteiger partial charge in [-0.25, -0.2) is 0 Å². The van der Waals surface area contributed by atoms with E-state index < -0.39 is 5.97 Å². The van der Waals surface area contributed by atoms with Gasteiger partial charge in [-0.3, -0.25) is 4.79 Å². The molecule has 2 nitrogen and oxygen atoms in total. The number of aliphatic carboxylic acids is 1. The molecule has 0 radical (unpaired) electrons. The third-order valence-electron chi connectivity index (χ3n) is 3.05. The van der Waals surface area contributed by atoms with Gasteiger partial charge in [-0.2, -0.15) is 0 Å². The lowest BCUT2D eigenvalue weighted by atomic mass is 9.94. The van der Waals surface area contributed by atoms with Crippen LogP contribution in [-0.4, -0.2) is 11.1 Å².